The minimum Gasteiger partial charge on any atom is -0.370 e. The molecule has 2 aromatic rings. The molecule has 0 unspecified atom stereocenters. The van der Waals surface area contributed by atoms with Gasteiger partial charge in [0.15, 0.2) is 5.11 Å². The molecule has 0 aromatic heterocycles. The summed E-state index contributed by atoms with van der Waals surface area (Å²) < 4.78 is 0. The lowest BCUT2D eigenvalue weighted by atomic mass is 9.99. The van der Waals surface area contributed by atoms with Crippen molar-refractivity contribution in [3.63, 3.8) is 0 Å². The molecule has 154 valence electrons. The first-order valence-electron chi connectivity index (χ1n) is 10.1. The Morgan fingerprint density at radius 3 is 2.38 bits per heavy atom. The molecule has 2 aromatic carbocycles. The number of benzene rings is 2. The first kappa shape index (κ1) is 21.6. The zero-order valence-electron chi connectivity index (χ0n) is 17.2. The highest BCUT2D eigenvalue weighted by Gasteiger charge is 2.18. The number of hydrogen-bond donors (Lipinski definition) is 2. The van der Waals surface area contributed by atoms with Crippen LogP contribution in [-0.2, 0) is 0 Å². The molecule has 0 saturated carbocycles. The Morgan fingerprint density at radius 2 is 1.79 bits per heavy atom. The number of thiocarbonyl (C=S) groups is 1. The summed E-state index contributed by atoms with van der Waals surface area (Å²) in [5.41, 5.74) is 3.57. The summed E-state index contributed by atoms with van der Waals surface area (Å²) in [6, 6.07) is 13.4. The lowest BCUT2D eigenvalue weighted by Crippen LogP contribution is -2.34. The highest BCUT2D eigenvalue weighted by atomic mass is 35.5. The number of amides is 1. The van der Waals surface area contributed by atoms with Crippen molar-refractivity contribution in [2.24, 2.45) is 5.92 Å². The molecule has 3 rings (SSSR count). The van der Waals surface area contributed by atoms with Gasteiger partial charge in [0.05, 0.1) is 10.7 Å². The van der Waals surface area contributed by atoms with Gasteiger partial charge in [-0.1, -0.05) is 44.5 Å². The molecule has 1 aliphatic rings. The van der Waals surface area contributed by atoms with Gasteiger partial charge in [-0.2, -0.15) is 0 Å². The molecule has 0 aliphatic carbocycles. The quantitative estimate of drug-likeness (QED) is 0.600. The van der Waals surface area contributed by atoms with Crippen LogP contribution in [0.2, 0.25) is 5.02 Å². The van der Waals surface area contributed by atoms with Gasteiger partial charge in [0.2, 0.25) is 0 Å². The summed E-state index contributed by atoms with van der Waals surface area (Å²) >= 11 is 11.8. The fourth-order valence-corrected chi connectivity index (χ4v) is 3.96. The van der Waals surface area contributed by atoms with E-state index in [0.29, 0.717) is 16.5 Å². The van der Waals surface area contributed by atoms with E-state index in [0.717, 1.165) is 30.4 Å². The van der Waals surface area contributed by atoms with Crippen molar-refractivity contribution in [1.29, 1.82) is 0 Å². The Balaban J connectivity index is 1.58. The van der Waals surface area contributed by atoms with Crippen LogP contribution in [0.4, 0.5) is 11.4 Å². The molecule has 1 fully saturated rings. The molecule has 6 heteroatoms. The van der Waals surface area contributed by atoms with Crippen molar-refractivity contribution in [3.05, 3.63) is 58.6 Å². The Morgan fingerprint density at radius 1 is 1.14 bits per heavy atom. The Kier molecular flexibility index (Phi) is 7.14. The summed E-state index contributed by atoms with van der Waals surface area (Å²) in [6.07, 6.45) is 2.37. The van der Waals surface area contributed by atoms with Crippen molar-refractivity contribution in [3.8, 4) is 0 Å². The number of hydrogen-bond acceptors (Lipinski definition) is 3. The number of anilines is 2. The van der Waals surface area contributed by atoms with Gasteiger partial charge in [-0.15, -0.1) is 0 Å². The van der Waals surface area contributed by atoms with Crippen LogP contribution < -0.4 is 15.5 Å². The van der Waals surface area contributed by atoms with Gasteiger partial charge in [-0.05, 0) is 72.8 Å². The van der Waals surface area contributed by atoms with Gasteiger partial charge in [0.25, 0.3) is 5.91 Å². The van der Waals surface area contributed by atoms with Crippen LogP contribution in [0.3, 0.4) is 0 Å². The largest absolute Gasteiger partial charge is 0.370 e. The summed E-state index contributed by atoms with van der Waals surface area (Å²) in [4.78, 5) is 14.7. The molecular weight excluding hydrogens is 402 g/mol. The molecule has 0 radical (unpaired) electrons. The lowest BCUT2D eigenvalue weighted by molar-refractivity contribution is 0.0977. The predicted octanol–water partition coefficient (Wildman–Crippen LogP) is 5.83. The standard InChI is InChI=1S/C23H28ClN3OS/c1-15(2)17-4-6-18(7-5-17)22(28)26-23(29)25-19-8-9-21(20(24)14-19)27-12-10-16(3)11-13-27/h4-9,14-16H,10-13H2,1-3H3,(H2,25,26,28,29). The average molecular weight is 430 g/mol. The van der Waals surface area contributed by atoms with E-state index < -0.39 is 0 Å². The number of halogens is 1. The number of carbonyl (C=O) groups excluding carboxylic acids is 1. The SMILES string of the molecule is CC1CCN(c2ccc(NC(=S)NC(=O)c3ccc(C(C)C)cc3)cc2Cl)CC1. The Bertz CT molecular complexity index is 874. The lowest BCUT2D eigenvalue weighted by Gasteiger charge is -2.32. The van der Waals surface area contributed by atoms with Crippen LogP contribution in [0.25, 0.3) is 0 Å². The summed E-state index contributed by atoms with van der Waals surface area (Å²) in [5.74, 6) is 0.965. The molecule has 4 nitrogen and oxygen atoms in total. The van der Waals surface area contributed by atoms with Gasteiger partial charge in [0.1, 0.15) is 0 Å². The zero-order valence-corrected chi connectivity index (χ0v) is 18.7. The van der Waals surface area contributed by atoms with Crippen LogP contribution in [0.5, 0.6) is 0 Å². The fourth-order valence-electron chi connectivity index (χ4n) is 3.45. The van der Waals surface area contributed by atoms with Crippen molar-refractivity contribution >= 4 is 46.2 Å². The minimum atomic E-state index is -0.233. The highest BCUT2D eigenvalue weighted by Crippen LogP contribution is 2.31. The molecule has 1 aliphatic heterocycles. The fraction of sp³-hybridized carbons (Fsp3) is 0.391. The molecule has 0 atom stereocenters. The van der Waals surface area contributed by atoms with E-state index in [1.807, 2.05) is 42.5 Å². The number of piperidine rings is 1. The minimum absolute atomic E-state index is 0.233. The van der Waals surface area contributed by atoms with Crippen LogP contribution in [0.15, 0.2) is 42.5 Å². The topological polar surface area (TPSA) is 44.4 Å². The van der Waals surface area contributed by atoms with Gasteiger partial charge >= 0.3 is 0 Å². The molecule has 0 spiro atoms. The molecular formula is C23H28ClN3OS. The second kappa shape index (κ2) is 9.59. The van der Waals surface area contributed by atoms with Crippen molar-refractivity contribution in [1.82, 2.24) is 5.32 Å². The maximum absolute atomic E-state index is 12.4. The van der Waals surface area contributed by atoms with Gasteiger partial charge in [0, 0.05) is 24.3 Å². The van der Waals surface area contributed by atoms with E-state index in [1.165, 1.54) is 18.4 Å². The third-order valence-electron chi connectivity index (χ3n) is 5.40. The molecule has 1 amide bonds. The predicted molar refractivity (Wildman–Crippen MR) is 126 cm³/mol. The van der Waals surface area contributed by atoms with E-state index in [-0.39, 0.29) is 11.0 Å². The average Bonchev–Trinajstić information content (AvgIpc) is 2.69. The Labute approximate surface area is 183 Å². The van der Waals surface area contributed by atoms with Gasteiger partial charge in [-0.25, -0.2) is 0 Å². The van der Waals surface area contributed by atoms with Crippen LogP contribution >= 0.6 is 23.8 Å². The van der Waals surface area contributed by atoms with Gasteiger partial charge < -0.3 is 10.2 Å². The van der Waals surface area contributed by atoms with Crippen molar-refractivity contribution in [2.75, 3.05) is 23.3 Å². The first-order chi connectivity index (χ1) is 13.8. The zero-order chi connectivity index (χ0) is 21.0. The van der Waals surface area contributed by atoms with Crippen molar-refractivity contribution in [2.45, 2.75) is 39.5 Å². The van der Waals surface area contributed by atoms with Gasteiger partial charge in [-0.3, -0.25) is 10.1 Å². The summed E-state index contributed by atoms with van der Waals surface area (Å²) in [6.45, 7) is 8.59. The normalized spacial score (nSPS) is 14.7. The Hall–Kier alpha value is -2.11. The van der Waals surface area contributed by atoms with Crippen LogP contribution in [0, 0.1) is 5.92 Å². The van der Waals surface area contributed by atoms with E-state index in [9.17, 15) is 4.79 Å². The maximum atomic E-state index is 12.4. The number of nitrogens with one attached hydrogen (secondary N) is 2. The maximum Gasteiger partial charge on any atom is 0.257 e. The second-order valence-electron chi connectivity index (χ2n) is 8.02. The first-order valence-corrected chi connectivity index (χ1v) is 10.9. The van der Waals surface area contributed by atoms with E-state index >= 15 is 0 Å². The monoisotopic (exact) mass is 429 g/mol. The van der Waals surface area contributed by atoms with Crippen LogP contribution in [0.1, 0.15) is 55.5 Å². The number of nitrogens with zero attached hydrogens (tertiary/aromatic N) is 1. The third kappa shape index (κ3) is 5.71. The second-order valence-corrected chi connectivity index (χ2v) is 8.84. The van der Waals surface area contributed by atoms with Crippen LogP contribution in [-0.4, -0.2) is 24.1 Å². The molecule has 0 bridgehead atoms. The van der Waals surface area contributed by atoms with E-state index in [1.54, 1.807) is 0 Å². The van der Waals surface area contributed by atoms with E-state index in [4.69, 9.17) is 23.8 Å². The highest BCUT2D eigenvalue weighted by molar-refractivity contribution is 7.80. The third-order valence-corrected chi connectivity index (χ3v) is 5.90. The molecule has 29 heavy (non-hydrogen) atoms. The summed E-state index contributed by atoms with van der Waals surface area (Å²) in [5, 5.41) is 6.70. The number of carbonyl (C=O) groups is 1. The van der Waals surface area contributed by atoms with E-state index in [2.05, 4.69) is 36.3 Å². The van der Waals surface area contributed by atoms with Crippen molar-refractivity contribution < 1.29 is 4.79 Å². The number of rotatable bonds is 4. The molecule has 1 heterocycles. The molecule has 1 saturated heterocycles. The smallest absolute Gasteiger partial charge is 0.257 e. The molecule has 2 N–H and O–H groups in total. The summed E-state index contributed by atoms with van der Waals surface area (Å²) in [7, 11) is 0.